The molecule has 4 nitrogen and oxygen atoms in total. The first-order valence-electron chi connectivity index (χ1n) is 8.31. The van der Waals surface area contributed by atoms with Gasteiger partial charge in [0.05, 0.1) is 12.0 Å². The van der Waals surface area contributed by atoms with Gasteiger partial charge in [0.25, 0.3) is 0 Å². The van der Waals surface area contributed by atoms with Gasteiger partial charge in [-0.1, -0.05) is 12.8 Å². The highest BCUT2D eigenvalue weighted by molar-refractivity contribution is 5.79. The zero-order valence-electron chi connectivity index (χ0n) is 13.0. The Bertz CT molecular complexity index is 529. The van der Waals surface area contributed by atoms with Crippen LogP contribution in [0.2, 0.25) is 0 Å². The molecule has 1 amide bonds. The van der Waals surface area contributed by atoms with E-state index in [9.17, 15) is 18.0 Å². The van der Waals surface area contributed by atoms with Crippen molar-refractivity contribution in [2.24, 2.45) is 11.8 Å². The number of aromatic nitrogens is 2. The van der Waals surface area contributed by atoms with Gasteiger partial charge in [-0.05, 0) is 31.7 Å². The van der Waals surface area contributed by atoms with Crippen molar-refractivity contribution in [3.8, 4) is 0 Å². The van der Waals surface area contributed by atoms with E-state index < -0.39 is 18.0 Å². The Morgan fingerprint density at radius 3 is 2.61 bits per heavy atom. The minimum Gasteiger partial charge on any atom is -0.340 e. The van der Waals surface area contributed by atoms with Crippen LogP contribution in [-0.2, 0) is 4.79 Å². The first-order valence-corrected chi connectivity index (χ1v) is 8.31. The van der Waals surface area contributed by atoms with Crippen LogP contribution in [0.3, 0.4) is 0 Å². The molecule has 23 heavy (non-hydrogen) atoms. The van der Waals surface area contributed by atoms with Gasteiger partial charge in [0, 0.05) is 31.4 Å². The van der Waals surface area contributed by atoms with E-state index in [4.69, 9.17) is 0 Å². The average molecular weight is 329 g/mol. The highest BCUT2D eigenvalue weighted by Crippen LogP contribution is 2.42. The van der Waals surface area contributed by atoms with Gasteiger partial charge in [-0.3, -0.25) is 9.48 Å². The number of halogens is 3. The fraction of sp³-hybridized carbons (Fsp3) is 0.750. The van der Waals surface area contributed by atoms with Crippen LogP contribution in [0.15, 0.2) is 18.5 Å². The number of alkyl halides is 3. The van der Waals surface area contributed by atoms with Crippen LogP contribution in [0.4, 0.5) is 13.2 Å². The number of nitrogens with zero attached hydrogens (tertiary/aromatic N) is 3. The Hall–Kier alpha value is -1.53. The number of piperidine rings is 1. The van der Waals surface area contributed by atoms with Crippen molar-refractivity contribution >= 4 is 5.91 Å². The Labute approximate surface area is 133 Å². The molecule has 0 aromatic carbocycles. The van der Waals surface area contributed by atoms with Gasteiger partial charge in [0.1, 0.15) is 0 Å². The van der Waals surface area contributed by atoms with Crippen LogP contribution >= 0.6 is 0 Å². The normalized spacial score (nSPS) is 29.5. The lowest BCUT2D eigenvalue weighted by molar-refractivity contribution is -0.201. The average Bonchev–Trinajstić information content (AvgIpc) is 3.08. The third kappa shape index (κ3) is 3.53. The topological polar surface area (TPSA) is 38.1 Å². The second-order valence-electron chi connectivity index (χ2n) is 6.61. The van der Waals surface area contributed by atoms with E-state index in [0.29, 0.717) is 32.4 Å². The van der Waals surface area contributed by atoms with E-state index in [-0.39, 0.29) is 18.4 Å². The quantitative estimate of drug-likeness (QED) is 0.834. The summed E-state index contributed by atoms with van der Waals surface area (Å²) in [5.41, 5.74) is 0. The van der Waals surface area contributed by atoms with E-state index in [1.165, 1.54) is 0 Å². The van der Waals surface area contributed by atoms with Crippen molar-refractivity contribution in [3.05, 3.63) is 18.5 Å². The molecule has 1 aliphatic heterocycles. The molecule has 1 aliphatic carbocycles. The van der Waals surface area contributed by atoms with Crippen molar-refractivity contribution in [3.63, 3.8) is 0 Å². The highest BCUT2D eigenvalue weighted by Gasteiger charge is 2.49. The first-order chi connectivity index (χ1) is 11.0. The SMILES string of the molecule is O=C([C@@H]1CCCC[C@@H]1C(F)(F)F)N1CCC[C@@H](n2cccn2)C1. The fourth-order valence-corrected chi connectivity index (χ4v) is 3.92. The molecule has 0 unspecified atom stereocenters. The van der Waals surface area contributed by atoms with E-state index >= 15 is 0 Å². The molecule has 1 saturated heterocycles. The minimum atomic E-state index is -4.28. The Kier molecular flexibility index (Phi) is 4.64. The van der Waals surface area contributed by atoms with E-state index in [2.05, 4.69) is 5.10 Å². The summed E-state index contributed by atoms with van der Waals surface area (Å²) in [7, 11) is 0. The number of likely N-dealkylation sites (tertiary alicyclic amines) is 1. The summed E-state index contributed by atoms with van der Waals surface area (Å²) in [5.74, 6) is -2.70. The van der Waals surface area contributed by atoms with Gasteiger partial charge in [0.2, 0.25) is 5.91 Å². The second kappa shape index (κ2) is 6.53. The standard InChI is InChI=1S/C16H22F3N3O/c17-16(18,19)14-7-2-1-6-13(14)15(23)21-9-3-5-12(11-21)22-10-4-8-20-22/h4,8,10,12-14H,1-3,5-7,9,11H2/t12-,13-,14+/m1/s1. The van der Waals surface area contributed by atoms with Crippen LogP contribution in [0, 0.1) is 11.8 Å². The summed E-state index contributed by atoms with van der Waals surface area (Å²) in [5, 5.41) is 4.20. The van der Waals surface area contributed by atoms with Gasteiger partial charge < -0.3 is 4.90 Å². The molecule has 1 aromatic heterocycles. The van der Waals surface area contributed by atoms with Gasteiger partial charge >= 0.3 is 6.18 Å². The molecule has 128 valence electrons. The van der Waals surface area contributed by atoms with Gasteiger partial charge in [-0.15, -0.1) is 0 Å². The molecule has 2 aliphatic rings. The molecule has 3 atom stereocenters. The summed E-state index contributed by atoms with van der Waals surface area (Å²) in [6, 6.07) is 1.89. The van der Waals surface area contributed by atoms with E-state index in [1.807, 2.05) is 16.9 Å². The maximum absolute atomic E-state index is 13.2. The molecular weight excluding hydrogens is 307 g/mol. The predicted molar refractivity (Wildman–Crippen MR) is 78.6 cm³/mol. The summed E-state index contributed by atoms with van der Waals surface area (Å²) >= 11 is 0. The predicted octanol–water partition coefficient (Wildman–Crippen LogP) is 3.42. The van der Waals surface area contributed by atoms with Gasteiger partial charge in [-0.25, -0.2) is 0 Å². The first kappa shape index (κ1) is 16.3. The molecule has 0 N–H and O–H groups in total. The summed E-state index contributed by atoms with van der Waals surface area (Å²) in [6.45, 7) is 1.01. The minimum absolute atomic E-state index is 0.0654. The largest absolute Gasteiger partial charge is 0.392 e. The number of carbonyl (C=O) groups excluding carboxylic acids is 1. The molecule has 0 spiro atoms. The Morgan fingerprint density at radius 2 is 1.91 bits per heavy atom. The third-order valence-corrected chi connectivity index (χ3v) is 5.11. The maximum Gasteiger partial charge on any atom is 0.392 e. The number of rotatable bonds is 2. The van der Waals surface area contributed by atoms with Crippen LogP contribution in [-0.4, -0.2) is 39.9 Å². The molecule has 3 rings (SSSR count). The number of hydrogen-bond acceptors (Lipinski definition) is 2. The second-order valence-corrected chi connectivity index (χ2v) is 6.61. The molecule has 1 aromatic rings. The molecule has 7 heteroatoms. The maximum atomic E-state index is 13.2. The summed E-state index contributed by atoms with van der Waals surface area (Å²) in [6.07, 6.45) is 2.65. The van der Waals surface area contributed by atoms with E-state index in [1.54, 1.807) is 11.1 Å². The van der Waals surface area contributed by atoms with Gasteiger partial charge in [0.15, 0.2) is 0 Å². The molecular formula is C16H22F3N3O. The van der Waals surface area contributed by atoms with Crippen molar-refractivity contribution in [1.29, 1.82) is 0 Å². The molecule has 2 fully saturated rings. The zero-order valence-corrected chi connectivity index (χ0v) is 13.0. The summed E-state index contributed by atoms with van der Waals surface area (Å²) < 4.78 is 41.5. The lowest BCUT2D eigenvalue weighted by Crippen LogP contribution is -2.48. The lowest BCUT2D eigenvalue weighted by Gasteiger charge is -2.39. The Balaban J connectivity index is 1.71. The molecule has 0 radical (unpaired) electrons. The highest BCUT2D eigenvalue weighted by atomic mass is 19.4. The smallest absolute Gasteiger partial charge is 0.340 e. The zero-order chi connectivity index (χ0) is 16.4. The van der Waals surface area contributed by atoms with Gasteiger partial charge in [-0.2, -0.15) is 18.3 Å². The van der Waals surface area contributed by atoms with Crippen molar-refractivity contribution < 1.29 is 18.0 Å². The summed E-state index contributed by atoms with van der Waals surface area (Å²) in [4.78, 5) is 14.4. The molecule has 0 bridgehead atoms. The molecule has 2 heterocycles. The molecule has 1 saturated carbocycles. The Morgan fingerprint density at radius 1 is 1.13 bits per heavy atom. The van der Waals surface area contributed by atoms with E-state index in [0.717, 1.165) is 12.8 Å². The van der Waals surface area contributed by atoms with Crippen molar-refractivity contribution in [1.82, 2.24) is 14.7 Å². The third-order valence-electron chi connectivity index (χ3n) is 5.11. The van der Waals surface area contributed by atoms with Crippen molar-refractivity contribution in [2.45, 2.75) is 50.7 Å². The fourth-order valence-electron chi connectivity index (χ4n) is 3.92. The number of carbonyl (C=O) groups is 1. The number of amides is 1. The number of hydrogen-bond donors (Lipinski definition) is 0. The van der Waals surface area contributed by atoms with Crippen LogP contribution < -0.4 is 0 Å². The van der Waals surface area contributed by atoms with Crippen LogP contribution in [0.25, 0.3) is 0 Å². The van der Waals surface area contributed by atoms with Crippen LogP contribution in [0.1, 0.15) is 44.6 Å². The monoisotopic (exact) mass is 329 g/mol. The lowest BCUT2D eigenvalue weighted by atomic mass is 9.77. The van der Waals surface area contributed by atoms with Crippen LogP contribution in [0.5, 0.6) is 0 Å². The van der Waals surface area contributed by atoms with Crippen molar-refractivity contribution in [2.75, 3.05) is 13.1 Å².